The third-order valence-corrected chi connectivity index (χ3v) is 6.69. The number of aromatic nitrogens is 1. The van der Waals surface area contributed by atoms with Crippen LogP contribution in [0.1, 0.15) is 27.2 Å². The summed E-state index contributed by atoms with van der Waals surface area (Å²) in [5.74, 6) is 0.638. The first-order valence-corrected chi connectivity index (χ1v) is 11.5. The van der Waals surface area contributed by atoms with Crippen LogP contribution in [0.25, 0.3) is 11.1 Å². The summed E-state index contributed by atoms with van der Waals surface area (Å²) in [5.41, 5.74) is 8.21. The van der Waals surface area contributed by atoms with Gasteiger partial charge in [0, 0.05) is 59.3 Å². The van der Waals surface area contributed by atoms with Gasteiger partial charge in [-0.15, -0.1) is 0 Å². The molecule has 34 heavy (non-hydrogen) atoms. The van der Waals surface area contributed by atoms with Crippen molar-refractivity contribution >= 4 is 40.4 Å². The summed E-state index contributed by atoms with van der Waals surface area (Å²) >= 11 is 6.51. The van der Waals surface area contributed by atoms with E-state index >= 15 is 0 Å². The molecular formula is C27H21ClN4O2. The number of carbonyl (C=O) groups excluding carboxylic acids is 1. The molecule has 1 N–H and O–H groups in total. The van der Waals surface area contributed by atoms with Crippen LogP contribution in [-0.2, 0) is 12.8 Å². The van der Waals surface area contributed by atoms with E-state index in [0.29, 0.717) is 22.9 Å². The summed E-state index contributed by atoms with van der Waals surface area (Å²) in [7, 11) is 2.13. The number of furan rings is 1. The molecule has 0 saturated carbocycles. The Balaban J connectivity index is 1.25. The van der Waals surface area contributed by atoms with E-state index in [2.05, 4.69) is 46.5 Å². The minimum absolute atomic E-state index is 0.247. The van der Waals surface area contributed by atoms with Gasteiger partial charge in [-0.1, -0.05) is 17.7 Å². The van der Waals surface area contributed by atoms with E-state index in [-0.39, 0.29) is 11.7 Å². The maximum Gasteiger partial charge on any atom is 0.291 e. The van der Waals surface area contributed by atoms with Crippen molar-refractivity contribution in [3.05, 3.63) is 94.5 Å². The van der Waals surface area contributed by atoms with Crippen LogP contribution in [0.4, 0.5) is 17.2 Å². The molecule has 2 aromatic heterocycles. The van der Waals surface area contributed by atoms with Crippen LogP contribution >= 0.6 is 11.6 Å². The molecule has 2 aliphatic rings. The third kappa shape index (κ3) is 3.66. The summed E-state index contributed by atoms with van der Waals surface area (Å²) in [4.78, 5) is 24.0. The zero-order valence-electron chi connectivity index (χ0n) is 18.5. The minimum atomic E-state index is -0.318. The maximum atomic E-state index is 12.4. The van der Waals surface area contributed by atoms with E-state index in [4.69, 9.17) is 21.0 Å². The summed E-state index contributed by atoms with van der Waals surface area (Å²) < 4.78 is 5.17. The number of halogens is 1. The molecule has 2 aliphatic heterocycles. The molecule has 0 aliphatic carbocycles. The number of benzene rings is 2. The zero-order valence-corrected chi connectivity index (χ0v) is 19.3. The van der Waals surface area contributed by atoms with E-state index in [9.17, 15) is 4.79 Å². The summed E-state index contributed by atoms with van der Waals surface area (Å²) in [6.45, 7) is 1.06. The molecule has 7 heteroatoms. The molecule has 0 bridgehead atoms. The van der Waals surface area contributed by atoms with E-state index in [1.54, 1.807) is 24.3 Å². The number of nitrogens with zero attached hydrogens (tertiary/aromatic N) is 3. The Kier molecular flexibility index (Phi) is 4.96. The minimum Gasteiger partial charge on any atom is -0.459 e. The van der Waals surface area contributed by atoms with Crippen LogP contribution in [0, 0.1) is 0 Å². The standard InChI is InChI=1S/C27H21ClN4O2/c1-32-9-8-17-11-16(4-7-24(17)32)19-12-18-13-23(31-26(18)29-15-19)21-14-20(5-6-22(21)28)30-27(33)25-3-2-10-34-25/h2-7,10-12,14-15H,8-9,13H2,1H3,(H,30,33). The van der Waals surface area contributed by atoms with Crippen molar-refractivity contribution < 1.29 is 9.21 Å². The normalized spacial score (nSPS) is 14.1. The highest BCUT2D eigenvalue weighted by Crippen LogP contribution is 2.35. The van der Waals surface area contributed by atoms with Gasteiger partial charge in [-0.2, -0.15) is 0 Å². The van der Waals surface area contributed by atoms with Crippen molar-refractivity contribution in [2.75, 3.05) is 23.8 Å². The number of amides is 1. The topological polar surface area (TPSA) is 70.7 Å². The molecule has 0 unspecified atom stereocenters. The van der Waals surface area contributed by atoms with E-state index < -0.39 is 0 Å². The van der Waals surface area contributed by atoms with Gasteiger partial charge in [-0.3, -0.25) is 4.79 Å². The number of aliphatic imine (C=N–C) groups is 1. The molecule has 168 valence electrons. The Bertz CT molecular complexity index is 1460. The summed E-state index contributed by atoms with van der Waals surface area (Å²) in [6, 6.07) is 17.4. The van der Waals surface area contributed by atoms with Crippen molar-refractivity contribution in [3.8, 4) is 11.1 Å². The Hall–Kier alpha value is -3.90. The average molecular weight is 469 g/mol. The molecular weight excluding hydrogens is 448 g/mol. The number of nitrogens with one attached hydrogen (secondary N) is 1. The molecule has 2 aromatic carbocycles. The van der Waals surface area contributed by atoms with Crippen LogP contribution in [0.3, 0.4) is 0 Å². The number of hydrogen-bond donors (Lipinski definition) is 1. The summed E-state index contributed by atoms with van der Waals surface area (Å²) in [5, 5.41) is 3.42. The predicted molar refractivity (Wildman–Crippen MR) is 135 cm³/mol. The first-order valence-electron chi connectivity index (χ1n) is 11.1. The van der Waals surface area contributed by atoms with Crippen molar-refractivity contribution in [3.63, 3.8) is 0 Å². The second kappa shape index (κ2) is 8.15. The van der Waals surface area contributed by atoms with Crippen LogP contribution in [0.5, 0.6) is 0 Å². The number of rotatable bonds is 4. The quantitative estimate of drug-likeness (QED) is 0.403. The zero-order chi connectivity index (χ0) is 23.2. The van der Waals surface area contributed by atoms with E-state index in [1.165, 1.54) is 23.1 Å². The van der Waals surface area contributed by atoms with Gasteiger partial charge >= 0.3 is 0 Å². The van der Waals surface area contributed by atoms with Crippen LogP contribution in [-0.4, -0.2) is 30.2 Å². The molecule has 1 amide bonds. The van der Waals surface area contributed by atoms with Crippen LogP contribution in [0.15, 0.2) is 76.5 Å². The first kappa shape index (κ1) is 20.7. The molecule has 6 rings (SSSR count). The van der Waals surface area contributed by atoms with Gasteiger partial charge in [-0.05, 0) is 66.1 Å². The molecule has 0 spiro atoms. The first-order chi connectivity index (χ1) is 16.5. The fraction of sp³-hybridized carbons (Fsp3) is 0.148. The maximum absolute atomic E-state index is 12.4. The van der Waals surface area contributed by atoms with Crippen LogP contribution < -0.4 is 10.2 Å². The van der Waals surface area contributed by atoms with Gasteiger partial charge in [0.15, 0.2) is 11.6 Å². The number of anilines is 2. The lowest BCUT2D eigenvalue weighted by atomic mass is 9.99. The second-order valence-corrected chi connectivity index (χ2v) is 8.99. The lowest BCUT2D eigenvalue weighted by molar-refractivity contribution is 0.0996. The van der Waals surface area contributed by atoms with Gasteiger partial charge < -0.3 is 14.6 Å². The lowest BCUT2D eigenvalue weighted by Crippen LogP contribution is -2.12. The fourth-order valence-corrected chi connectivity index (χ4v) is 4.79. The van der Waals surface area contributed by atoms with Crippen molar-refractivity contribution in [2.45, 2.75) is 12.8 Å². The van der Waals surface area contributed by atoms with E-state index in [0.717, 1.165) is 35.4 Å². The molecule has 4 heterocycles. The summed E-state index contributed by atoms with van der Waals surface area (Å²) in [6.07, 6.45) is 5.04. The number of fused-ring (bicyclic) bond motifs is 2. The largest absolute Gasteiger partial charge is 0.459 e. The van der Waals surface area contributed by atoms with Crippen molar-refractivity contribution in [1.82, 2.24) is 4.98 Å². The molecule has 0 radical (unpaired) electrons. The number of carbonyl (C=O) groups is 1. The molecule has 0 atom stereocenters. The van der Waals surface area contributed by atoms with E-state index in [1.807, 2.05) is 12.3 Å². The molecule has 0 saturated heterocycles. The number of likely N-dealkylation sites (N-methyl/N-ethyl adjacent to an activating group) is 1. The average Bonchev–Trinajstić information content (AvgIpc) is 3.60. The van der Waals surface area contributed by atoms with Gasteiger partial charge in [0.1, 0.15) is 0 Å². The molecule has 0 fully saturated rings. The Morgan fingerprint density at radius 1 is 1.09 bits per heavy atom. The fourth-order valence-electron chi connectivity index (χ4n) is 4.57. The highest BCUT2D eigenvalue weighted by molar-refractivity contribution is 6.34. The third-order valence-electron chi connectivity index (χ3n) is 6.36. The predicted octanol–water partition coefficient (Wildman–Crippen LogP) is 5.92. The van der Waals surface area contributed by atoms with Gasteiger partial charge in [-0.25, -0.2) is 9.98 Å². The van der Waals surface area contributed by atoms with Gasteiger partial charge in [0.05, 0.1) is 12.0 Å². The van der Waals surface area contributed by atoms with Crippen LogP contribution in [0.2, 0.25) is 5.02 Å². The lowest BCUT2D eigenvalue weighted by Gasteiger charge is -2.12. The highest BCUT2D eigenvalue weighted by atomic mass is 35.5. The Morgan fingerprint density at radius 3 is 2.82 bits per heavy atom. The molecule has 4 aromatic rings. The highest BCUT2D eigenvalue weighted by Gasteiger charge is 2.22. The molecule has 6 nitrogen and oxygen atoms in total. The van der Waals surface area contributed by atoms with Crippen molar-refractivity contribution in [1.29, 1.82) is 0 Å². The van der Waals surface area contributed by atoms with Crippen molar-refractivity contribution in [2.24, 2.45) is 4.99 Å². The Morgan fingerprint density at radius 2 is 1.97 bits per heavy atom. The number of pyridine rings is 1. The number of hydrogen-bond acceptors (Lipinski definition) is 5. The monoisotopic (exact) mass is 468 g/mol. The smallest absolute Gasteiger partial charge is 0.291 e. The second-order valence-electron chi connectivity index (χ2n) is 8.58. The SMILES string of the molecule is CN1CCc2cc(-c3cnc4c(c3)CC(c3cc(NC(=O)c5ccco5)ccc3Cl)=N4)ccc21. The Labute approximate surface area is 201 Å². The van der Waals surface area contributed by atoms with Gasteiger partial charge in [0.25, 0.3) is 5.91 Å². The van der Waals surface area contributed by atoms with Gasteiger partial charge in [0.2, 0.25) is 0 Å².